The van der Waals surface area contributed by atoms with Crippen molar-refractivity contribution >= 4 is 0 Å². The Balaban J connectivity index is 3.25. The average Bonchev–Trinajstić information content (AvgIpc) is 2.36. The number of nitrogens with two attached hydrogens (primary N) is 1. The van der Waals surface area contributed by atoms with Gasteiger partial charge in [-0.05, 0) is 25.0 Å². The predicted molar refractivity (Wildman–Crippen MR) is 64.1 cm³/mol. The van der Waals surface area contributed by atoms with Gasteiger partial charge in [0.15, 0.2) is 0 Å². The van der Waals surface area contributed by atoms with Crippen LogP contribution in [-0.2, 0) is 10.9 Å². The lowest BCUT2D eigenvalue weighted by molar-refractivity contribution is -0.139. The summed E-state index contributed by atoms with van der Waals surface area (Å²) >= 11 is 0. The number of methoxy groups -OCH3 is 1. The van der Waals surface area contributed by atoms with Gasteiger partial charge in [-0.1, -0.05) is 25.1 Å². The highest BCUT2D eigenvalue weighted by atomic mass is 19.4. The molecule has 0 spiro atoms. The summed E-state index contributed by atoms with van der Waals surface area (Å²) in [5.41, 5.74) is 4.52. The number of ether oxygens (including phenoxy) is 1. The molecule has 0 amide bonds. The summed E-state index contributed by atoms with van der Waals surface area (Å²) in [6.45, 7) is 3.55. The minimum Gasteiger partial charge on any atom is -0.377 e. The number of rotatable bonds is 4. The van der Waals surface area contributed by atoms with Crippen molar-refractivity contribution in [2.75, 3.05) is 7.11 Å². The molecule has 18 heavy (non-hydrogen) atoms. The topological polar surface area (TPSA) is 35.2 Å². The molecule has 1 rings (SSSR count). The normalized spacial score (nSPS) is 17.3. The van der Waals surface area contributed by atoms with E-state index >= 15 is 0 Å². The van der Waals surface area contributed by atoms with Crippen molar-refractivity contribution < 1.29 is 17.9 Å². The van der Waals surface area contributed by atoms with Crippen molar-refractivity contribution in [1.29, 1.82) is 0 Å². The summed E-state index contributed by atoms with van der Waals surface area (Å²) in [5, 5.41) is 0. The van der Waals surface area contributed by atoms with E-state index in [4.69, 9.17) is 10.5 Å². The molecule has 2 N–H and O–H groups in total. The molecule has 1 aromatic carbocycles. The van der Waals surface area contributed by atoms with Gasteiger partial charge in [-0.15, -0.1) is 0 Å². The van der Waals surface area contributed by atoms with Gasteiger partial charge in [-0.2, -0.15) is 13.2 Å². The lowest BCUT2D eigenvalue weighted by atomic mass is 9.86. The summed E-state index contributed by atoms with van der Waals surface area (Å²) in [4.78, 5) is 0. The predicted octanol–water partition coefficient (Wildman–Crippen LogP) is 3.52. The molecule has 0 bridgehead atoms. The summed E-state index contributed by atoms with van der Waals surface area (Å²) in [6.07, 6.45) is -3.88. The Hall–Kier alpha value is -1.07. The van der Waals surface area contributed by atoms with Crippen molar-refractivity contribution in [1.82, 2.24) is 0 Å². The van der Waals surface area contributed by atoms with E-state index in [1.807, 2.05) is 6.92 Å². The zero-order valence-electron chi connectivity index (χ0n) is 10.7. The Labute approximate surface area is 105 Å². The molecule has 2 unspecified atom stereocenters. The largest absolute Gasteiger partial charge is 0.416 e. The first-order chi connectivity index (χ1) is 8.26. The Morgan fingerprint density at radius 2 is 1.83 bits per heavy atom. The van der Waals surface area contributed by atoms with Crippen LogP contribution in [0.3, 0.4) is 0 Å². The van der Waals surface area contributed by atoms with Crippen molar-refractivity contribution in [2.24, 2.45) is 5.73 Å². The van der Waals surface area contributed by atoms with Gasteiger partial charge in [0, 0.05) is 7.11 Å². The van der Waals surface area contributed by atoms with E-state index in [0.29, 0.717) is 6.42 Å². The molecule has 0 aliphatic heterocycles. The van der Waals surface area contributed by atoms with Crippen molar-refractivity contribution in [2.45, 2.75) is 38.1 Å². The molecular weight excluding hydrogens is 243 g/mol. The van der Waals surface area contributed by atoms with E-state index in [1.165, 1.54) is 19.2 Å². The fourth-order valence-corrected chi connectivity index (χ4v) is 1.85. The third-order valence-electron chi connectivity index (χ3n) is 3.43. The highest BCUT2D eigenvalue weighted by molar-refractivity contribution is 5.33. The highest BCUT2D eigenvalue weighted by Gasteiger charge is 2.39. The SMILES string of the molecule is CCC(C)(OC)C(N)c1ccccc1C(F)(F)F. The summed E-state index contributed by atoms with van der Waals surface area (Å²) in [7, 11) is 1.46. The summed E-state index contributed by atoms with van der Waals surface area (Å²) in [6, 6.07) is 4.53. The van der Waals surface area contributed by atoms with E-state index in [2.05, 4.69) is 0 Å². The van der Waals surface area contributed by atoms with Crippen LogP contribution in [0.25, 0.3) is 0 Å². The molecule has 102 valence electrons. The maximum absolute atomic E-state index is 12.9. The van der Waals surface area contributed by atoms with Crippen LogP contribution < -0.4 is 5.73 Å². The Morgan fingerprint density at radius 1 is 1.28 bits per heavy atom. The first-order valence-corrected chi connectivity index (χ1v) is 5.73. The minimum absolute atomic E-state index is 0.0659. The zero-order valence-corrected chi connectivity index (χ0v) is 10.7. The lowest BCUT2D eigenvalue weighted by Crippen LogP contribution is -2.40. The molecular formula is C13H18F3NO. The molecule has 0 saturated heterocycles. The van der Waals surface area contributed by atoms with Crippen LogP contribution in [0, 0.1) is 0 Å². The number of hydrogen-bond donors (Lipinski definition) is 1. The Bertz CT molecular complexity index is 399. The quantitative estimate of drug-likeness (QED) is 0.900. The monoisotopic (exact) mass is 261 g/mol. The molecule has 0 saturated carbocycles. The minimum atomic E-state index is -4.41. The maximum Gasteiger partial charge on any atom is 0.416 e. The van der Waals surface area contributed by atoms with Crippen LogP contribution in [0.4, 0.5) is 13.2 Å². The van der Waals surface area contributed by atoms with E-state index in [9.17, 15) is 13.2 Å². The second-order valence-corrected chi connectivity index (χ2v) is 4.43. The van der Waals surface area contributed by atoms with Crippen LogP contribution in [0.15, 0.2) is 24.3 Å². The average molecular weight is 261 g/mol. The maximum atomic E-state index is 12.9. The van der Waals surface area contributed by atoms with Gasteiger partial charge < -0.3 is 10.5 Å². The van der Waals surface area contributed by atoms with Gasteiger partial charge in [0.1, 0.15) is 0 Å². The molecule has 0 aliphatic carbocycles. The molecule has 5 heteroatoms. The van der Waals surface area contributed by atoms with Crippen LogP contribution in [0.2, 0.25) is 0 Å². The van der Waals surface area contributed by atoms with E-state index in [0.717, 1.165) is 6.07 Å². The molecule has 1 aromatic rings. The fraction of sp³-hybridized carbons (Fsp3) is 0.538. The third-order valence-corrected chi connectivity index (χ3v) is 3.43. The molecule has 0 aromatic heterocycles. The first kappa shape index (κ1) is 15.0. The van der Waals surface area contributed by atoms with Crippen LogP contribution >= 0.6 is 0 Å². The van der Waals surface area contributed by atoms with E-state index < -0.39 is 23.4 Å². The lowest BCUT2D eigenvalue weighted by Gasteiger charge is -2.34. The highest BCUT2D eigenvalue weighted by Crippen LogP contribution is 2.38. The van der Waals surface area contributed by atoms with Gasteiger partial charge >= 0.3 is 6.18 Å². The zero-order chi connectivity index (χ0) is 14.0. The van der Waals surface area contributed by atoms with Crippen molar-refractivity contribution in [3.05, 3.63) is 35.4 Å². The van der Waals surface area contributed by atoms with Gasteiger partial charge in [0.2, 0.25) is 0 Å². The van der Waals surface area contributed by atoms with E-state index in [-0.39, 0.29) is 5.56 Å². The number of benzene rings is 1. The molecule has 0 fully saturated rings. The van der Waals surface area contributed by atoms with Gasteiger partial charge in [-0.25, -0.2) is 0 Å². The molecule has 0 heterocycles. The van der Waals surface area contributed by atoms with E-state index in [1.54, 1.807) is 13.0 Å². The third kappa shape index (κ3) is 2.84. The Kier molecular flexibility index (Phi) is 4.40. The first-order valence-electron chi connectivity index (χ1n) is 5.73. The van der Waals surface area contributed by atoms with Gasteiger partial charge in [-0.3, -0.25) is 0 Å². The van der Waals surface area contributed by atoms with Crippen molar-refractivity contribution in [3.8, 4) is 0 Å². The molecule has 0 aliphatic rings. The standard InChI is InChI=1S/C13H18F3NO/c1-4-12(2,18-3)11(17)9-7-5-6-8-10(9)13(14,15)16/h5-8,11H,4,17H2,1-3H3. The summed E-state index contributed by atoms with van der Waals surface area (Å²) in [5.74, 6) is 0. The molecule has 2 nitrogen and oxygen atoms in total. The molecule has 2 atom stereocenters. The number of hydrogen-bond acceptors (Lipinski definition) is 2. The molecule has 0 radical (unpaired) electrons. The Morgan fingerprint density at radius 3 is 2.28 bits per heavy atom. The second kappa shape index (κ2) is 5.28. The van der Waals surface area contributed by atoms with Crippen LogP contribution in [-0.4, -0.2) is 12.7 Å². The van der Waals surface area contributed by atoms with Crippen LogP contribution in [0.1, 0.15) is 37.4 Å². The van der Waals surface area contributed by atoms with Crippen molar-refractivity contribution in [3.63, 3.8) is 0 Å². The second-order valence-electron chi connectivity index (χ2n) is 4.43. The van der Waals surface area contributed by atoms with Crippen LogP contribution in [0.5, 0.6) is 0 Å². The van der Waals surface area contributed by atoms with Gasteiger partial charge in [0.25, 0.3) is 0 Å². The smallest absolute Gasteiger partial charge is 0.377 e. The number of halogens is 3. The van der Waals surface area contributed by atoms with Gasteiger partial charge in [0.05, 0.1) is 17.2 Å². The summed E-state index contributed by atoms with van der Waals surface area (Å²) < 4.78 is 44.0. The number of alkyl halides is 3. The fourth-order valence-electron chi connectivity index (χ4n) is 1.85.